The van der Waals surface area contributed by atoms with Crippen LogP contribution >= 0.6 is 11.6 Å². The van der Waals surface area contributed by atoms with E-state index >= 15 is 0 Å². The van der Waals surface area contributed by atoms with E-state index in [1.807, 2.05) is 24.3 Å². The fourth-order valence-corrected chi connectivity index (χ4v) is 4.47. The van der Waals surface area contributed by atoms with Crippen LogP contribution in [0, 0.1) is 5.92 Å². The van der Waals surface area contributed by atoms with Gasteiger partial charge >= 0.3 is 0 Å². The number of anilines is 3. The van der Waals surface area contributed by atoms with Crippen molar-refractivity contribution in [1.29, 1.82) is 0 Å². The molecule has 0 amide bonds. The number of piperidine rings is 1. The van der Waals surface area contributed by atoms with E-state index in [2.05, 4.69) is 22.1 Å². The summed E-state index contributed by atoms with van der Waals surface area (Å²) >= 11 is 6.46. The molecule has 0 radical (unpaired) electrons. The molecule has 0 aliphatic carbocycles. The number of Topliss-reactive ketones (excluding diaryl/α,β-unsaturated/α-hetero) is 1. The summed E-state index contributed by atoms with van der Waals surface area (Å²) < 4.78 is 7.05. The van der Waals surface area contributed by atoms with Crippen molar-refractivity contribution < 1.29 is 9.53 Å². The highest BCUT2D eigenvalue weighted by molar-refractivity contribution is 6.33. The molecule has 0 spiro atoms. The van der Waals surface area contributed by atoms with Crippen LogP contribution in [0.2, 0.25) is 5.02 Å². The molecule has 8 heteroatoms. The molecule has 2 aromatic heterocycles. The van der Waals surface area contributed by atoms with Crippen molar-refractivity contribution in [2.45, 2.75) is 39.5 Å². The van der Waals surface area contributed by atoms with Gasteiger partial charge < -0.3 is 19.5 Å². The molecule has 3 heterocycles. The topological polar surface area (TPSA) is 76.5 Å². The van der Waals surface area contributed by atoms with Crippen molar-refractivity contribution in [2.24, 2.45) is 13.0 Å². The van der Waals surface area contributed by atoms with Gasteiger partial charge in [-0.1, -0.05) is 31.9 Å². The zero-order valence-electron chi connectivity index (χ0n) is 19.9. The normalized spacial score (nSPS) is 14.4. The third kappa shape index (κ3) is 5.20. The molecule has 1 N–H and O–H groups in total. The van der Waals surface area contributed by atoms with E-state index in [1.54, 1.807) is 26.2 Å². The van der Waals surface area contributed by atoms with Gasteiger partial charge in [-0.25, -0.2) is 4.98 Å². The van der Waals surface area contributed by atoms with Crippen LogP contribution in [-0.4, -0.2) is 35.0 Å². The molecule has 1 fully saturated rings. The Morgan fingerprint density at radius 1 is 1.21 bits per heavy atom. The van der Waals surface area contributed by atoms with Crippen molar-refractivity contribution in [3.8, 4) is 5.75 Å². The Labute approximate surface area is 204 Å². The van der Waals surface area contributed by atoms with Crippen LogP contribution in [0.1, 0.15) is 39.5 Å². The lowest BCUT2D eigenvalue weighted by atomic mass is 9.94. The summed E-state index contributed by atoms with van der Waals surface area (Å²) in [7, 11) is 1.69. The Kier molecular flexibility index (Phi) is 7.41. The summed E-state index contributed by atoms with van der Waals surface area (Å²) in [5.41, 5.74) is 2.10. The molecule has 0 saturated carbocycles. The van der Waals surface area contributed by atoms with Crippen molar-refractivity contribution in [3.63, 3.8) is 0 Å². The predicted octanol–water partition coefficient (Wildman–Crippen LogP) is 5.31. The molecule has 7 nitrogen and oxygen atoms in total. The lowest BCUT2D eigenvalue weighted by Crippen LogP contribution is -2.34. The summed E-state index contributed by atoms with van der Waals surface area (Å²) in [6.45, 7) is 5.91. The first-order valence-electron chi connectivity index (χ1n) is 11.8. The van der Waals surface area contributed by atoms with Crippen LogP contribution < -0.4 is 20.5 Å². The second-order valence-corrected chi connectivity index (χ2v) is 9.22. The summed E-state index contributed by atoms with van der Waals surface area (Å²) in [6.07, 6.45) is 5.65. The van der Waals surface area contributed by atoms with E-state index in [-0.39, 0.29) is 23.7 Å². The quantitative estimate of drug-likeness (QED) is 0.468. The Morgan fingerprint density at radius 3 is 2.68 bits per heavy atom. The molecule has 4 rings (SSSR count). The van der Waals surface area contributed by atoms with Gasteiger partial charge in [-0.05, 0) is 43.0 Å². The number of fused-ring (bicyclic) bond motifs is 1. The number of carbonyl (C=O) groups excluding carboxylic acids is 1. The second kappa shape index (κ2) is 10.5. The van der Waals surface area contributed by atoms with Gasteiger partial charge in [0.2, 0.25) is 0 Å². The van der Waals surface area contributed by atoms with Crippen molar-refractivity contribution in [1.82, 2.24) is 9.55 Å². The summed E-state index contributed by atoms with van der Waals surface area (Å²) in [4.78, 5) is 31.1. The smallest absolute Gasteiger partial charge is 0.293 e. The highest BCUT2D eigenvalue weighted by Crippen LogP contribution is 2.32. The number of pyridine rings is 2. The first-order valence-corrected chi connectivity index (χ1v) is 12.2. The van der Waals surface area contributed by atoms with Gasteiger partial charge in [0.05, 0.1) is 22.4 Å². The molecule has 180 valence electrons. The molecular weight excluding hydrogens is 452 g/mol. The van der Waals surface area contributed by atoms with Crippen LogP contribution in [0.25, 0.3) is 10.9 Å². The summed E-state index contributed by atoms with van der Waals surface area (Å²) in [5, 5.41) is 4.75. The van der Waals surface area contributed by atoms with Gasteiger partial charge in [-0.2, -0.15) is 0 Å². The van der Waals surface area contributed by atoms with Crippen LogP contribution in [0.15, 0.2) is 41.3 Å². The van der Waals surface area contributed by atoms with Gasteiger partial charge in [-0.3, -0.25) is 9.59 Å². The van der Waals surface area contributed by atoms with Gasteiger partial charge in [-0.15, -0.1) is 0 Å². The van der Waals surface area contributed by atoms with Gasteiger partial charge in [0, 0.05) is 43.7 Å². The maximum absolute atomic E-state index is 12.6. The van der Waals surface area contributed by atoms with Crippen LogP contribution in [0.5, 0.6) is 5.75 Å². The van der Waals surface area contributed by atoms with E-state index < -0.39 is 0 Å². The lowest BCUT2D eigenvalue weighted by Gasteiger charge is -2.32. The zero-order chi connectivity index (χ0) is 24.2. The molecule has 1 aliphatic rings. The molecule has 0 bridgehead atoms. The molecular formula is C26H31ClN4O3. The predicted molar refractivity (Wildman–Crippen MR) is 138 cm³/mol. The molecule has 1 aliphatic heterocycles. The maximum Gasteiger partial charge on any atom is 0.293 e. The third-order valence-corrected chi connectivity index (χ3v) is 6.91. The molecule has 1 saturated heterocycles. The number of aryl methyl sites for hydroxylation is 1. The third-order valence-electron chi connectivity index (χ3n) is 6.61. The van der Waals surface area contributed by atoms with E-state index in [0.717, 1.165) is 47.1 Å². The number of ketones is 1. The Balaban J connectivity index is 1.59. The molecule has 34 heavy (non-hydrogen) atoms. The molecule has 1 aromatic carbocycles. The van der Waals surface area contributed by atoms with Crippen molar-refractivity contribution in [3.05, 3.63) is 51.9 Å². The summed E-state index contributed by atoms with van der Waals surface area (Å²) in [6, 6.07) is 9.40. The van der Waals surface area contributed by atoms with E-state index in [1.165, 1.54) is 23.8 Å². The van der Waals surface area contributed by atoms with Crippen LogP contribution in [0.4, 0.5) is 17.2 Å². The average Bonchev–Trinajstić information content (AvgIpc) is 2.86. The number of hydrogen-bond acceptors (Lipinski definition) is 6. The first-order chi connectivity index (χ1) is 16.4. The SMILES string of the molecule is CCC(=O)COc1cc2cc(Nc3cc(N4CCC(CC)CC4)ncc3Cl)ccc2n(C)c1=O. The Bertz CT molecular complexity index is 1250. The molecule has 0 atom stereocenters. The van der Waals surface area contributed by atoms with Crippen molar-refractivity contribution >= 4 is 45.5 Å². The minimum atomic E-state index is -0.272. The standard InChI is InChI=1S/C26H31ClN4O3/c1-4-17-8-10-31(11-9-17)25-14-22(21(27)15-28-25)29-19-6-7-23-18(12-19)13-24(26(33)30(23)3)34-16-20(32)5-2/h6-7,12-15,17H,4-5,8-11,16H2,1-3H3,(H,28,29). The number of ether oxygens (including phenoxy) is 1. The highest BCUT2D eigenvalue weighted by Gasteiger charge is 2.19. The number of nitrogens with one attached hydrogen (secondary N) is 1. The second-order valence-electron chi connectivity index (χ2n) is 8.81. The van der Waals surface area contributed by atoms with Gasteiger partial charge in [0.15, 0.2) is 11.5 Å². The lowest BCUT2D eigenvalue weighted by molar-refractivity contribution is -0.120. The number of aromatic nitrogens is 2. The number of hydrogen-bond donors (Lipinski definition) is 1. The van der Waals surface area contributed by atoms with Crippen molar-refractivity contribution in [2.75, 3.05) is 29.9 Å². The molecule has 0 unspecified atom stereocenters. The average molecular weight is 483 g/mol. The number of nitrogens with zero attached hydrogens (tertiary/aromatic N) is 3. The van der Waals surface area contributed by atoms with Gasteiger partial charge in [0.1, 0.15) is 12.4 Å². The highest BCUT2D eigenvalue weighted by atomic mass is 35.5. The van der Waals surface area contributed by atoms with E-state index in [4.69, 9.17) is 16.3 Å². The van der Waals surface area contributed by atoms with Crippen LogP contribution in [0.3, 0.4) is 0 Å². The Morgan fingerprint density at radius 2 is 1.97 bits per heavy atom. The largest absolute Gasteiger partial charge is 0.480 e. The van der Waals surface area contributed by atoms with E-state index in [0.29, 0.717) is 11.4 Å². The molecule has 3 aromatic rings. The number of benzene rings is 1. The number of halogens is 1. The minimum Gasteiger partial charge on any atom is -0.480 e. The maximum atomic E-state index is 12.6. The zero-order valence-corrected chi connectivity index (χ0v) is 20.7. The number of rotatable bonds is 8. The fraction of sp³-hybridized carbons (Fsp3) is 0.423. The van der Waals surface area contributed by atoms with Gasteiger partial charge in [0.25, 0.3) is 5.56 Å². The first kappa shape index (κ1) is 24.1. The number of carbonyl (C=O) groups is 1. The monoisotopic (exact) mass is 482 g/mol. The fourth-order valence-electron chi connectivity index (χ4n) is 4.32. The summed E-state index contributed by atoms with van der Waals surface area (Å²) in [5.74, 6) is 1.82. The van der Waals surface area contributed by atoms with Crippen LogP contribution in [-0.2, 0) is 11.8 Å². The van der Waals surface area contributed by atoms with E-state index in [9.17, 15) is 9.59 Å². The minimum absolute atomic E-state index is 0.0559. The Hall–Kier alpha value is -3.06.